The number of benzene rings is 2. The Morgan fingerprint density at radius 2 is 1.76 bits per heavy atom. The van der Waals surface area contributed by atoms with E-state index in [1.54, 1.807) is 19.1 Å². The molecule has 1 aliphatic heterocycles. The third kappa shape index (κ3) is 6.66. The number of carbonyl (C=O) groups excluding carboxylic acids is 2. The summed E-state index contributed by atoms with van der Waals surface area (Å²) in [6.45, 7) is 7.42. The van der Waals surface area contributed by atoms with Crippen molar-refractivity contribution in [1.82, 2.24) is 5.32 Å². The van der Waals surface area contributed by atoms with Crippen molar-refractivity contribution in [3.63, 3.8) is 0 Å². The monoisotopic (exact) mass is 580 g/mol. The van der Waals surface area contributed by atoms with Crippen molar-refractivity contribution in [2.75, 3.05) is 16.4 Å². The molecule has 212 valence electrons. The Kier molecular flexibility index (Phi) is 8.63. The van der Waals surface area contributed by atoms with Gasteiger partial charge in [0.15, 0.2) is 0 Å². The number of alkyl halides is 3. The number of hydrogen-bond acceptors (Lipinski definition) is 6. The number of amides is 2. The van der Waals surface area contributed by atoms with E-state index in [1.807, 2.05) is 32.9 Å². The summed E-state index contributed by atoms with van der Waals surface area (Å²) in [7, 11) is 0. The fraction of sp³-hybridized carbons (Fsp3) is 0.233. The summed E-state index contributed by atoms with van der Waals surface area (Å²) in [4.78, 5) is 26.3. The molecule has 3 aromatic rings. The molecule has 0 radical (unpaired) electrons. The van der Waals surface area contributed by atoms with E-state index < -0.39 is 23.6 Å². The van der Waals surface area contributed by atoms with E-state index in [2.05, 4.69) is 22.0 Å². The van der Waals surface area contributed by atoms with Gasteiger partial charge in [0.05, 0.1) is 45.7 Å². The number of hydrogen-bond donors (Lipinski definition) is 3. The highest BCUT2D eigenvalue weighted by atomic mass is 32.2. The summed E-state index contributed by atoms with van der Waals surface area (Å²) < 4.78 is 45.2. The molecule has 0 unspecified atom stereocenters. The molecule has 2 amide bonds. The van der Waals surface area contributed by atoms with Gasteiger partial charge in [0.2, 0.25) is 5.91 Å². The average molecular weight is 581 g/mol. The molecule has 2 heterocycles. The predicted octanol–water partition coefficient (Wildman–Crippen LogP) is 6.93. The summed E-state index contributed by atoms with van der Waals surface area (Å²) >= 11 is 1.10. The Hall–Kier alpha value is -4.43. The van der Waals surface area contributed by atoms with Gasteiger partial charge in [-0.15, -0.1) is 0 Å². The van der Waals surface area contributed by atoms with E-state index in [1.165, 1.54) is 18.4 Å². The van der Waals surface area contributed by atoms with Crippen molar-refractivity contribution in [1.29, 1.82) is 5.26 Å². The van der Waals surface area contributed by atoms with Gasteiger partial charge in [0, 0.05) is 17.1 Å². The van der Waals surface area contributed by atoms with E-state index >= 15 is 0 Å². The molecule has 7 nitrogen and oxygen atoms in total. The second-order valence-electron chi connectivity index (χ2n) is 9.61. The van der Waals surface area contributed by atoms with Gasteiger partial charge in [0.1, 0.15) is 5.76 Å². The number of nitriles is 1. The van der Waals surface area contributed by atoms with Gasteiger partial charge in [-0.05, 0) is 69.2 Å². The van der Waals surface area contributed by atoms with Crippen LogP contribution in [0.5, 0.6) is 0 Å². The lowest BCUT2D eigenvalue weighted by molar-refractivity contribution is -0.137. The van der Waals surface area contributed by atoms with Crippen molar-refractivity contribution in [2.45, 2.75) is 39.8 Å². The lowest BCUT2D eigenvalue weighted by Crippen LogP contribution is -2.31. The summed E-state index contributed by atoms with van der Waals surface area (Å²) in [6.07, 6.45) is -3.18. The number of aryl methyl sites for hydroxylation is 3. The molecule has 11 heteroatoms. The summed E-state index contributed by atoms with van der Waals surface area (Å²) in [5.74, 6) is -1.65. The molecule has 3 N–H and O–H groups in total. The van der Waals surface area contributed by atoms with E-state index in [-0.39, 0.29) is 28.5 Å². The molecular weight excluding hydrogens is 553 g/mol. The van der Waals surface area contributed by atoms with Crippen LogP contribution < -0.4 is 16.0 Å². The van der Waals surface area contributed by atoms with Crippen LogP contribution in [0.2, 0.25) is 0 Å². The number of halogens is 3. The van der Waals surface area contributed by atoms with Crippen LogP contribution in [0.4, 0.5) is 24.5 Å². The lowest BCUT2D eigenvalue weighted by Gasteiger charge is -2.28. The maximum atomic E-state index is 13.4. The summed E-state index contributed by atoms with van der Waals surface area (Å²) in [5.41, 5.74) is 3.33. The molecule has 1 aliphatic rings. The predicted molar refractivity (Wildman–Crippen MR) is 152 cm³/mol. The van der Waals surface area contributed by atoms with Crippen molar-refractivity contribution in [3.05, 3.63) is 105 Å². The number of thioether (sulfide) groups is 1. The first-order valence-corrected chi connectivity index (χ1v) is 13.5. The second kappa shape index (κ2) is 12.0. The fourth-order valence-corrected chi connectivity index (χ4v) is 5.62. The minimum Gasteiger partial charge on any atom is -0.468 e. The number of anilines is 2. The SMILES string of the molecule is CC1=C(C(=O)Nc2cccc(C(F)(F)F)c2)[C@@H](c2ccco2)C(C#N)=C(SCC(=O)Nc2c(C)cc(C)cc2C)N1. The summed E-state index contributed by atoms with van der Waals surface area (Å²) in [6, 6.07) is 13.6. The Morgan fingerprint density at radius 3 is 2.37 bits per heavy atom. The number of nitrogens with zero attached hydrogens (tertiary/aromatic N) is 1. The molecule has 1 atom stereocenters. The first-order valence-electron chi connectivity index (χ1n) is 12.5. The Bertz CT molecular complexity index is 1580. The standard InChI is InChI=1S/C30H27F3N4O3S/c1-16-11-17(2)27(18(3)12-16)37-24(38)15-41-29-22(14-34)26(23-9-6-10-40-23)25(19(4)35-29)28(39)36-21-8-5-7-20(13-21)30(31,32)33/h5-13,26,35H,15H2,1-4H3,(H,36,39)(H,37,38)/t26-/m1/s1. The van der Waals surface area contributed by atoms with E-state index in [9.17, 15) is 28.0 Å². The molecule has 0 aliphatic carbocycles. The van der Waals surface area contributed by atoms with Crippen LogP contribution >= 0.6 is 11.8 Å². The van der Waals surface area contributed by atoms with Crippen molar-refractivity contribution in [3.8, 4) is 6.07 Å². The van der Waals surface area contributed by atoms with Gasteiger partial charge in [-0.1, -0.05) is 35.5 Å². The Balaban J connectivity index is 1.59. The first-order chi connectivity index (χ1) is 19.4. The van der Waals surface area contributed by atoms with Gasteiger partial charge in [-0.3, -0.25) is 9.59 Å². The van der Waals surface area contributed by atoms with Crippen LogP contribution in [0.1, 0.15) is 40.9 Å². The zero-order chi connectivity index (χ0) is 29.9. The van der Waals surface area contributed by atoms with Gasteiger partial charge in [-0.25, -0.2) is 0 Å². The molecule has 41 heavy (non-hydrogen) atoms. The largest absolute Gasteiger partial charge is 0.468 e. The summed E-state index contributed by atoms with van der Waals surface area (Å²) in [5, 5.41) is 19.0. The van der Waals surface area contributed by atoms with Crippen LogP contribution in [0, 0.1) is 32.1 Å². The maximum Gasteiger partial charge on any atom is 0.416 e. The van der Waals surface area contributed by atoms with Gasteiger partial charge in [-0.2, -0.15) is 18.4 Å². The molecule has 2 aromatic carbocycles. The van der Waals surface area contributed by atoms with E-state index in [0.29, 0.717) is 16.5 Å². The third-order valence-electron chi connectivity index (χ3n) is 6.46. The third-order valence-corrected chi connectivity index (χ3v) is 7.47. The van der Waals surface area contributed by atoms with Crippen LogP contribution in [-0.4, -0.2) is 17.6 Å². The quantitative estimate of drug-likeness (QED) is 0.280. The fourth-order valence-electron chi connectivity index (χ4n) is 4.73. The van der Waals surface area contributed by atoms with Crippen molar-refractivity contribution in [2.24, 2.45) is 0 Å². The molecule has 0 spiro atoms. The van der Waals surface area contributed by atoms with Crippen LogP contribution in [-0.2, 0) is 15.8 Å². The van der Waals surface area contributed by atoms with Crippen LogP contribution in [0.3, 0.4) is 0 Å². The number of allylic oxidation sites excluding steroid dienone is 2. The normalized spacial score (nSPS) is 15.3. The van der Waals surface area contributed by atoms with E-state index in [0.717, 1.165) is 46.3 Å². The molecule has 4 rings (SSSR count). The molecule has 0 saturated heterocycles. The van der Waals surface area contributed by atoms with Gasteiger partial charge >= 0.3 is 6.18 Å². The highest BCUT2D eigenvalue weighted by molar-refractivity contribution is 8.03. The van der Waals surface area contributed by atoms with Gasteiger partial charge < -0.3 is 20.4 Å². The molecule has 1 aromatic heterocycles. The minimum atomic E-state index is -4.58. The van der Waals surface area contributed by atoms with Crippen LogP contribution in [0.25, 0.3) is 0 Å². The highest BCUT2D eigenvalue weighted by Gasteiger charge is 2.37. The molecular formula is C30H27F3N4O3S. The highest BCUT2D eigenvalue weighted by Crippen LogP contribution is 2.41. The zero-order valence-electron chi connectivity index (χ0n) is 22.7. The average Bonchev–Trinajstić information content (AvgIpc) is 3.43. The maximum absolute atomic E-state index is 13.4. The van der Waals surface area contributed by atoms with E-state index in [4.69, 9.17) is 4.42 Å². The van der Waals surface area contributed by atoms with Crippen molar-refractivity contribution >= 4 is 35.0 Å². The molecule has 0 saturated carbocycles. The number of carbonyl (C=O) groups is 2. The smallest absolute Gasteiger partial charge is 0.416 e. The molecule has 0 bridgehead atoms. The van der Waals surface area contributed by atoms with Crippen LogP contribution in [0.15, 0.2) is 81.1 Å². The second-order valence-corrected chi connectivity index (χ2v) is 10.6. The van der Waals surface area contributed by atoms with Crippen molar-refractivity contribution < 1.29 is 27.2 Å². The Labute approximate surface area is 239 Å². The Morgan fingerprint density at radius 1 is 1.05 bits per heavy atom. The number of furan rings is 1. The topological polar surface area (TPSA) is 107 Å². The first kappa shape index (κ1) is 29.6. The lowest BCUT2D eigenvalue weighted by atomic mass is 9.85. The van der Waals surface area contributed by atoms with Gasteiger partial charge in [0.25, 0.3) is 5.91 Å². The number of rotatable bonds is 7. The molecule has 0 fully saturated rings. The number of nitrogens with one attached hydrogen (secondary N) is 3. The minimum absolute atomic E-state index is 0.0236. The zero-order valence-corrected chi connectivity index (χ0v) is 23.5. The number of dihydropyridines is 1.